The number of amides is 1. The lowest BCUT2D eigenvalue weighted by Crippen LogP contribution is -2.34. The number of hydrogen-bond acceptors (Lipinski definition) is 5. The smallest absolute Gasteiger partial charge is 0.255 e. The Hall–Kier alpha value is -3.65. The maximum Gasteiger partial charge on any atom is 0.255 e. The van der Waals surface area contributed by atoms with Gasteiger partial charge >= 0.3 is 0 Å². The highest BCUT2D eigenvalue weighted by Gasteiger charge is 2.31. The van der Waals surface area contributed by atoms with Crippen molar-refractivity contribution in [1.82, 2.24) is 14.7 Å². The third kappa shape index (κ3) is 4.21. The van der Waals surface area contributed by atoms with Crippen LogP contribution in [0.25, 0.3) is 5.65 Å². The Balaban J connectivity index is 1.34. The van der Waals surface area contributed by atoms with Crippen molar-refractivity contribution in [2.75, 3.05) is 5.75 Å². The molecule has 0 radical (unpaired) electrons. The summed E-state index contributed by atoms with van der Waals surface area (Å²) in [5.41, 5.74) is 3.73. The van der Waals surface area contributed by atoms with Crippen molar-refractivity contribution in [3.63, 3.8) is 0 Å². The number of nitrogens with one attached hydrogen (secondary N) is 1. The van der Waals surface area contributed by atoms with Gasteiger partial charge in [0.15, 0.2) is 9.84 Å². The number of sulfone groups is 1. The van der Waals surface area contributed by atoms with E-state index in [1.165, 1.54) is 0 Å². The van der Waals surface area contributed by atoms with Crippen molar-refractivity contribution in [3.05, 3.63) is 95.4 Å². The maximum atomic E-state index is 13.1. The predicted molar refractivity (Wildman–Crippen MR) is 124 cm³/mol. The van der Waals surface area contributed by atoms with Crippen LogP contribution in [-0.2, 0) is 16.4 Å². The van der Waals surface area contributed by atoms with Gasteiger partial charge in [0, 0.05) is 12.4 Å². The van der Waals surface area contributed by atoms with Crippen LogP contribution in [0.2, 0.25) is 0 Å². The summed E-state index contributed by atoms with van der Waals surface area (Å²) in [6, 6.07) is 17.4. The minimum Gasteiger partial charge on any atom is -0.486 e. The molecule has 8 heteroatoms. The topological polar surface area (TPSA) is 89.8 Å². The van der Waals surface area contributed by atoms with Crippen molar-refractivity contribution < 1.29 is 17.9 Å². The number of carbonyl (C=O) groups is 1. The molecule has 0 saturated carbocycles. The van der Waals surface area contributed by atoms with Crippen LogP contribution < -0.4 is 10.1 Å². The average molecular weight is 462 g/mol. The van der Waals surface area contributed by atoms with Crippen LogP contribution in [0.4, 0.5) is 0 Å². The van der Waals surface area contributed by atoms with Crippen LogP contribution in [0, 0.1) is 6.92 Å². The minimum atomic E-state index is -3.32. The second-order valence-electron chi connectivity index (χ2n) is 8.16. The fourth-order valence-corrected chi connectivity index (χ4v) is 5.75. The van der Waals surface area contributed by atoms with E-state index in [-0.39, 0.29) is 29.2 Å². The van der Waals surface area contributed by atoms with Crippen LogP contribution in [0.5, 0.6) is 5.75 Å². The first-order valence-corrected chi connectivity index (χ1v) is 12.3. The molecule has 1 aliphatic rings. The highest BCUT2D eigenvalue weighted by Crippen LogP contribution is 2.32. The summed E-state index contributed by atoms with van der Waals surface area (Å²) in [5, 5.41) is 2.99. The number of ether oxygens (including phenoxy) is 1. The molecule has 2 aromatic heterocycles. The van der Waals surface area contributed by atoms with Gasteiger partial charge in [0.1, 0.15) is 18.0 Å². The molecule has 5 rings (SSSR count). The zero-order valence-electron chi connectivity index (χ0n) is 18.1. The molecule has 33 heavy (non-hydrogen) atoms. The van der Waals surface area contributed by atoms with Gasteiger partial charge < -0.3 is 14.5 Å². The summed E-state index contributed by atoms with van der Waals surface area (Å²) >= 11 is 0. The molecule has 7 nitrogen and oxygen atoms in total. The number of benzene rings is 2. The highest BCUT2D eigenvalue weighted by atomic mass is 32.2. The molecule has 0 saturated heterocycles. The fraction of sp³-hybridized carbons (Fsp3) is 0.200. The Morgan fingerprint density at radius 1 is 1.09 bits per heavy atom. The molecule has 0 aliphatic carbocycles. The predicted octanol–water partition coefficient (Wildman–Crippen LogP) is 3.87. The van der Waals surface area contributed by atoms with Crippen molar-refractivity contribution in [2.24, 2.45) is 0 Å². The summed E-state index contributed by atoms with van der Waals surface area (Å²) in [4.78, 5) is 18.0. The van der Waals surface area contributed by atoms with Gasteiger partial charge in [-0.1, -0.05) is 36.4 Å². The van der Waals surface area contributed by atoms with Gasteiger partial charge in [0.2, 0.25) is 0 Å². The third-order valence-electron chi connectivity index (χ3n) is 5.77. The zero-order valence-corrected chi connectivity index (χ0v) is 18.9. The average Bonchev–Trinajstić information content (AvgIpc) is 3.22. The van der Waals surface area contributed by atoms with E-state index in [0.29, 0.717) is 23.3 Å². The molecule has 1 unspecified atom stereocenters. The number of rotatable bonds is 5. The molecule has 0 bridgehead atoms. The molecule has 168 valence electrons. The number of nitrogens with zero attached hydrogens (tertiary/aromatic N) is 2. The monoisotopic (exact) mass is 461 g/mol. The lowest BCUT2D eigenvalue weighted by molar-refractivity contribution is 0.0930. The van der Waals surface area contributed by atoms with Crippen molar-refractivity contribution in [2.45, 2.75) is 30.9 Å². The number of pyridine rings is 1. The molecule has 0 spiro atoms. The first kappa shape index (κ1) is 21.2. The van der Waals surface area contributed by atoms with Crippen molar-refractivity contribution >= 4 is 21.4 Å². The first-order chi connectivity index (χ1) is 15.9. The lowest BCUT2D eigenvalue weighted by Gasteiger charge is -2.26. The second-order valence-corrected chi connectivity index (χ2v) is 10.2. The Bertz CT molecular complexity index is 1460. The van der Waals surface area contributed by atoms with Crippen LogP contribution in [0.3, 0.4) is 0 Å². The number of para-hydroxylation sites is 1. The quantitative estimate of drug-likeness (QED) is 0.487. The van der Waals surface area contributed by atoms with Crippen molar-refractivity contribution in [3.8, 4) is 5.75 Å². The Morgan fingerprint density at radius 2 is 1.88 bits per heavy atom. The molecule has 3 heterocycles. The largest absolute Gasteiger partial charge is 0.486 e. The second kappa shape index (κ2) is 8.37. The van der Waals surface area contributed by atoms with Crippen LogP contribution in [0.15, 0.2) is 78.0 Å². The molecule has 1 N–H and O–H groups in total. The first-order valence-electron chi connectivity index (χ1n) is 10.7. The maximum absolute atomic E-state index is 13.1. The standard InChI is InChI=1S/C25H23N3O4S/c1-17-10-11-24-26-18(15-28(24)14-17)16-32-22-8-4-2-7-20(22)25(29)27-21-12-13-33(30,31)23-9-5-3-6-19(21)23/h2-11,14-15,21H,12-13,16H2,1H3,(H,27,29). The summed E-state index contributed by atoms with van der Waals surface area (Å²) in [6.07, 6.45) is 4.23. The number of carbonyl (C=O) groups excluding carboxylic acids is 1. The normalized spacial score (nSPS) is 16.8. The number of imidazole rings is 1. The number of aryl methyl sites for hydroxylation is 1. The molecule has 1 aliphatic heterocycles. The Labute approximate surface area is 192 Å². The van der Waals surface area contributed by atoms with Crippen molar-refractivity contribution in [1.29, 1.82) is 0 Å². The minimum absolute atomic E-state index is 0.000462. The van der Waals surface area contributed by atoms with E-state index < -0.39 is 9.84 Å². The zero-order chi connectivity index (χ0) is 23.0. The number of fused-ring (bicyclic) bond motifs is 2. The van der Waals surface area contributed by atoms with Gasteiger partial charge in [-0.25, -0.2) is 13.4 Å². The van der Waals surface area contributed by atoms with E-state index in [2.05, 4.69) is 10.3 Å². The summed E-state index contributed by atoms with van der Waals surface area (Å²) < 4.78 is 32.7. The molecule has 1 amide bonds. The summed E-state index contributed by atoms with van der Waals surface area (Å²) in [6.45, 7) is 2.24. The summed E-state index contributed by atoms with van der Waals surface area (Å²) in [7, 11) is -3.32. The molecule has 2 aromatic carbocycles. The van der Waals surface area contributed by atoms with Gasteiger partial charge in [-0.2, -0.15) is 0 Å². The number of aromatic nitrogens is 2. The summed E-state index contributed by atoms with van der Waals surface area (Å²) in [5.74, 6) is 0.135. The van der Waals surface area contributed by atoms with Crippen LogP contribution >= 0.6 is 0 Å². The van der Waals surface area contributed by atoms with Gasteiger partial charge in [0.05, 0.1) is 27.9 Å². The Kier molecular flexibility index (Phi) is 5.38. The lowest BCUT2D eigenvalue weighted by atomic mass is 10.0. The van der Waals surface area contributed by atoms with Crippen LogP contribution in [0.1, 0.15) is 39.6 Å². The van der Waals surface area contributed by atoms with E-state index in [4.69, 9.17) is 4.74 Å². The molecular formula is C25H23N3O4S. The van der Waals surface area contributed by atoms with E-state index in [1.807, 2.05) is 41.9 Å². The van der Waals surface area contributed by atoms with Gasteiger partial charge in [-0.3, -0.25) is 4.79 Å². The van der Waals surface area contributed by atoms with E-state index in [1.54, 1.807) is 42.5 Å². The SMILES string of the molecule is Cc1ccc2nc(COc3ccccc3C(=O)NC3CCS(=O)(=O)c4ccccc43)cn2c1. The molecule has 4 aromatic rings. The van der Waals surface area contributed by atoms with E-state index >= 15 is 0 Å². The molecular weight excluding hydrogens is 438 g/mol. The third-order valence-corrected chi connectivity index (χ3v) is 7.58. The highest BCUT2D eigenvalue weighted by molar-refractivity contribution is 7.91. The van der Waals surface area contributed by atoms with E-state index in [0.717, 1.165) is 16.9 Å². The van der Waals surface area contributed by atoms with Gasteiger partial charge in [-0.05, 0) is 48.7 Å². The van der Waals surface area contributed by atoms with Gasteiger partial charge in [-0.15, -0.1) is 0 Å². The molecule has 1 atom stereocenters. The van der Waals surface area contributed by atoms with E-state index in [9.17, 15) is 13.2 Å². The Morgan fingerprint density at radius 3 is 2.76 bits per heavy atom. The van der Waals surface area contributed by atoms with Crippen LogP contribution in [-0.4, -0.2) is 29.5 Å². The molecule has 0 fully saturated rings. The number of hydrogen-bond donors (Lipinski definition) is 1. The van der Waals surface area contributed by atoms with Gasteiger partial charge in [0.25, 0.3) is 5.91 Å². The fourth-order valence-electron chi connectivity index (χ4n) is 4.13.